The first-order valence-corrected chi connectivity index (χ1v) is 17.8. The third-order valence-corrected chi connectivity index (χ3v) is 10.6. The van der Waals surface area contributed by atoms with Crippen LogP contribution in [-0.4, -0.2) is 54.5 Å². The van der Waals surface area contributed by atoms with Crippen LogP contribution in [0.2, 0.25) is 0 Å². The molecule has 1 aromatic heterocycles. The van der Waals surface area contributed by atoms with Crippen molar-refractivity contribution >= 4 is 63.5 Å². The van der Waals surface area contributed by atoms with Gasteiger partial charge in [-0.15, -0.1) is 23.1 Å². The number of rotatable bonds is 12. The first-order chi connectivity index (χ1) is 24.6. The summed E-state index contributed by atoms with van der Waals surface area (Å²) in [5.41, 5.74) is 2.64. The number of para-hydroxylation sites is 1. The fourth-order valence-electron chi connectivity index (χ4n) is 5.53. The minimum atomic E-state index is -0.579. The van der Waals surface area contributed by atoms with Crippen LogP contribution in [0.15, 0.2) is 83.4 Å². The molecule has 51 heavy (non-hydrogen) atoms. The number of nitriles is 1. The van der Waals surface area contributed by atoms with E-state index >= 15 is 0 Å². The molecule has 2 heterocycles. The minimum Gasteiger partial charge on any atom is -0.493 e. The Morgan fingerprint density at radius 1 is 1.02 bits per heavy atom. The molecule has 0 bridgehead atoms. The van der Waals surface area contributed by atoms with E-state index in [0.717, 1.165) is 15.3 Å². The molecule has 1 atom stereocenters. The molecule has 1 unspecified atom stereocenters. The van der Waals surface area contributed by atoms with Crippen LogP contribution in [0.1, 0.15) is 52.2 Å². The summed E-state index contributed by atoms with van der Waals surface area (Å²) < 4.78 is 11.0. The second-order valence-electron chi connectivity index (χ2n) is 11.5. The van der Waals surface area contributed by atoms with Gasteiger partial charge < -0.3 is 30.3 Å². The number of ether oxygens (including phenoxy) is 2. The monoisotopic (exact) mass is 723 g/mol. The van der Waals surface area contributed by atoms with Crippen molar-refractivity contribution in [1.29, 1.82) is 5.26 Å². The number of benzene rings is 3. The Bertz CT molecular complexity index is 2020. The van der Waals surface area contributed by atoms with Gasteiger partial charge in [0, 0.05) is 40.1 Å². The molecule has 262 valence electrons. The normalized spacial score (nSPS) is 12.9. The van der Waals surface area contributed by atoms with Gasteiger partial charge in [0.25, 0.3) is 11.8 Å². The number of hydrogen-bond donors (Lipinski definition) is 3. The maximum atomic E-state index is 13.8. The average Bonchev–Trinajstić information content (AvgIpc) is 3.49. The minimum absolute atomic E-state index is 0.0275. The van der Waals surface area contributed by atoms with E-state index in [9.17, 15) is 24.4 Å². The lowest BCUT2D eigenvalue weighted by Gasteiger charge is -2.25. The molecule has 0 saturated heterocycles. The molecule has 5 rings (SSSR count). The highest BCUT2D eigenvalue weighted by atomic mass is 32.2. The summed E-state index contributed by atoms with van der Waals surface area (Å²) in [6, 6.07) is 23.1. The summed E-state index contributed by atoms with van der Waals surface area (Å²) in [7, 11) is 3.00. The van der Waals surface area contributed by atoms with Crippen molar-refractivity contribution in [3.63, 3.8) is 0 Å². The molecule has 1 aliphatic heterocycles. The Kier molecular flexibility index (Phi) is 12.2. The van der Waals surface area contributed by atoms with Crippen LogP contribution in [0.4, 0.5) is 10.7 Å². The number of thioether (sulfide) groups is 1. The van der Waals surface area contributed by atoms with E-state index in [2.05, 4.69) is 22.0 Å². The number of carbonyl (C=O) groups excluding carboxylic acids is 4. The van der Waals surface area contributed by atoms with Gasteiger partial charge in [-0.05, 0) is 60.9 Å². The lowest BCUT2D eigenvalue weighted by Crippen LogP contribution is -2.33. The standard InChI is InChI=1S/C38H37N5O6S2/c1-5-32(37(47)42-38-29(21-39)28-17-18-43(23(2)44)22-33(28)51-38)50-27-15-10-14-26(20-27)40-36(46)30(41-35(45)24-11-7-6-8-12-24)19-25-13-9-16-31(48-3)34(25)49-4/h6-16,19-20,32H,5,17-18,22H2,1-4H3,(H,40,46)(H,41,45)(H,42,47)/b30-19+. The molecule has 0 radical (unpaired) electrons. The van der Waals surface area contributed by atoms with Crippen LogP contribution < -0.4 is 25.4 Å². The summed E-state index contributed by atoms with van der Waals surface area (Å²) in [5, 5.41) is 18.5. The van der Waals surface area contributed by atoms with E-state index in [1.807, 2.05) is 13.0 Å². The second kappa shape index (κ2) is 16.9. The van der Waals surface area contributed by atoms with Gasteiger partial charge in [-0.1, -0.05) is 43.3 Å². The van der Waals surface area contributed by atoms with Crippen molar-refractivity contribution in [2.45, 2.75) is 43.4 Å². The van der Waals surface area contributed by atoms with Crippen LogP contribution in [0.5, 0.6) is 11.5 Å². The largest absolute Gasteiger partial charge is 0.493 e. The maximum Gasteiger partial charge on any atom is 0.272 e. The second-order valence-corrected chi connectivity index (χ2v) is 13.8. The molecule has 3 aromatic carbocycles. The molecule has 0 saturated carbocycles. The molecule has 4 aromatic rings. The van der Waals surface area contributed by atoms with Crippen LogP contribution in [0, 0.1) is 11.3 Å². The van der Waals surface area contributed by atoms with E-state index in [1.165, 1.54) is 50.3 Å². The van der Waals surface area contributed by atoms with Crippen molar-refractivity contribution in [2.75, 3.05) is 31.4 Å². The SMILES string of the molecule is CCC(Sc1cccc(NC(=O)/C(=C\c2cccc(OC)c2OC)NC(=O)c2ccccc2)c1)C(=O)Nc1sc2c(c1C#N)CCN(C(C)=O)C2. The molecule has 1 aliphatic rings. The smallest absolute Gasteiger partial charge is 0.272 e. The molecule has 0 fully saturated rings. The fourth-order valence-corrected chi connectivity index (χ4v) is 7.76. The number of nitrogens with zero attached hydrogens (tertiary/aromatic N) is 2. The zero-order valence-electron chi connectivity index (χ0n) is 28.6. The predicted octanol–water partition coefficient (Wildman–Crippen LogP) is 6.46. The molecule has 13 heteroatoms. The van der Waals surface area contributed by atoms with Crippen molar-refractivity contribution in [1.82, 2.24) is 10.2 Å². The van der Waals surface area contributed by atoms with Crippen LogP contribution in [0.25, 0.3) is 6.08 Å². The van der Waals surface area contributed by atoms with Crippen molar-refractivity contribution in [2.24, 2.45) is 0 Å². The van der Waals surface area contributed by atoms with Gasteiger partial charge in [0.1, 0.15) is 16.8 Å². The quantitative estimate of drug-likeness (QED) is 0.111. The molecule has 11 nitrogen and oxygen atoms in total. The van der Waals surface area contributed by atoms with Crippen LogP contribution in [0.3, 0.4) is 0 Å². The van der Waals surface area contributed by atoms with Gasteiger partial charge >= 0.3 is 0 Å². The van der Waals surface area contributed by atoms with Gasteiger partial charge in [-0.3, -0.25) is 19.2 Å². The van der Waals surface area contributed by atoms with Crippen molar-refractivity contribution in [3.8, 4) is 17.6 Å². The Morgan fingerprint density at radius 2 is 1.78 bits per heavy atom. The topological polar surface area (TPSA) is 150 Å². The van der Waals surface area contributed by atoms with E-state index in [-0.39, 0.29) is 17.5 Å². The zero-order chi connectivity index (χ0) is 36.5. The molecule has 4 amide bonds. The third kappa shape index (κ3) is 8.78. The Morgan fingerprint density at radius 3 is 2.47 bits per heavy atom. The predicted molar refractivity (Wildman–Crippen MR) is 199 cm³/mol. The first-order valence-electron chi connectivity index (χ1n) is 16.1. The van der Waals surface area contributed by atoms with Crippen LogP contribution in [-0.2, 0) is 27.3 Å². The lowest BCUT2D eigenvalue weighted by molar-refractivity contribution is -0.129. The van der Waals surface area contributed by atoms with E-state index in [4.69, 9.17) is 9.47 Å². The highest BCUT2D eigenvalue weighted by Crippen LogP contribution is 2.38. The van der Waals surface area contributed by atoms with Gasteiger partial charge in [0.15, 0.2) is 11.5 Å². The number of methoxy groups -OCH3 is 2. The number of fused-ring (bicyclic) bond motifs is 1. The summed E-state index contributed by atoms with van der Waals surface area (Å²) in [4.78, 5) is 55.7. The average molecular weight is 724 g/mol. The Hall–Kier alpha value is -5.58. The Balaban J connectivity index is 1.34. The van der Waals surface area contributed by atoms with Crippen molar-refractivity contribution in [3.05, 3.63) is 106 Å². The highest BCUT2D eigenvalue weighted by molar-refractivity contribution is 8.00. The molecular formula is C38H37N5O6S2. The van der Waals surface area contributed by atoms with E-state index in [1.54, 1.807) is 71.6 Å². The highest BCUT2D eigenvalue weighted by Gasteiger charge is 2.28. The molecule has 0 spiro atoms. The summed E-state index contributed by atoms with van der Waals surface area (Å²) in [5.74, 6) is -0.477. The van der Waals surface area contributed by atoms with Gasteiger partial charge in [-0.2, -0.15) is 5.26 Å². The number of nitrogens with one attached hydrogen (secondary N) is 3. The van der Waals surface area contributed by atoms with Gasteiger partial charge in [-0.25, -0.2) is 0 Å². The lowest BCUT2D eigenvalue weighted by atomic mass is 10.0. The number of amides is 4. The number of thiophene rings is 1. The number of hydrogen-bond acceptors (Lipinski definition) is 9. The van der Waals surface area contributed by atoms with Crippen molar-refractivity contribution < 1.29 is 28.7 Å². The Labute approximate surface area is 304 Å². The number of anilines is 2. The fraction of sp³-hybridized carbons (Fsp3) is 0.237. The maximum absolute atomic E-state index is 13.8. The first kappa shape index (κ1) is 36.7. The van der Waals surface area contributed by atoms with Crippen LogP contribution >= 0.6 is 23.1 Å². The molecule has 0 aliphatic carbocycles. The van der Waals surface area contributed by atoms with Gasteiger partial charge in [0.2, 0.25) is 11.8 Å². The molecule has 3 N–H and O–H groups in total. The third-order valence-electron chi connectivity index (χ3n) is 8.15. The number of carbonyl (C=O) groups is 4. The summed E-state index contributed by atoms with van der Waals surface area (Å²) in [6.45, 7) is 4.38. The molecular weight excluding hydrogens is 687 g/mol. The summed E-state index contributed by atoms with van der Waals surface area (Å²) >= 11 is 2.66. The van der Waals surface area contributed by atoms with E-state index in [0.29, 0.717) is 64.8 Å². The zero-order valence-corrected chi connectivity index (χ0v) is 30.2. The summed E-state index contributed by atoms with van der Waals surface area (Å²) in [6.07, 6.45) is 2.58. The van der Waals surface area contributed by atoms with Gasteiger partial charge in [0.05, 0.1) is 31.6 Å². The van der Waals surface area contributed by atoms with E-state index < -0.39 is 17.1 Å².